The number of likely N-dealkylation sites (N-methyl/N-ethyl adjacent to an activating group) is 1. The van der Waals surface area contributed by atoms with Crippen LogP contribution in [0.15, 0.2) is 80.1 Å². The topological polar surface area (TPSA) is 82.4 Å². The molecule has 12 heteroatoms. The van der Waals surface area contributed by atoms with Gasteiger partial charge in [0, 0.05) is 34.3 Å². The fraction of sp³-hybridized carbons (Fsp3) is 0.265. The van der Waals surface area contributed by atoms with Gasteiger partial charge in [-0.15, -0.1) is 0 Å². The van der Waals surface area contributed by atoms with Gasteiger partial charge in [0.1, 0.15) is 18.4 Å². The molecule has 0 radical (unpaired) electrons. The minimum absolute atomic E-state index is 0.166. The second-order valence-corrected chi connectivity index (χ2v) is 13.1. The molecule has 1 aliphatic rings. The summed E-state index contributed by atoms with van der Waals surface area (Å²) in [5.74, 6) is 1.36. The molecule has 0 spiro atoms. The third kappa shape index (κ3) is 6.62. The highest BCUT2D eigenvalue weighted by Gasteiger charge is 2.35. The molecule has 2 heterocycles. The van der Waals surface area contributed by atoms with Crippen LogP contribution in [0.5, 0.6) is 17.2 Å². The Morgan fingerprint density at radius 1 is 1.07 bits per heavy atom. The molecule has 3 aromatic carbocycles. The summed E-state index contributed by atoms with van der Waals surface area (Å²) in [7, 11) is 3.12. The van der Waals surface area contributed by atoms with E-state index in [-0.39, 0.29) is 18.1 Å². The zero-order chi connectivity index (χ0) is 33.1. The molecule has 8 nitrogen and oxygen atoms in total. The van der Waals surface area contributed by atoms with Gasteiger partial charge in [-0.25, -0.2) is 4.99 Å². The first kappa shape index (κ1) is 33.8. The number of fused-ring (bicyclic) bond motifs is 1. The first-order chi connectivity index (χ1) is 22.1. The van der Waals surface area contributed by atoms with E-state index in [1.165, 1.54) is 11.3 Å². The maximum atomic E-state index is 14.2. The smallest absolute Gasteiger partial charge is 0.271 e. The van der Waals surface area contributed by atoms with Crippen LogP contribution in [-0.4, -0.2) is 42.7 Å². The fourth-order valence-electron chi connectivity index (χ4n) is 5.37. The second-order valence-electron chi connectivity index (χ2n) is 10.4. The van der Waals surface area contributed by atoms with Crippen molar-refractivity contribution in [1.82, 2.24) is 9.47 Å². The van der Waals surface area contributed by atoms with Crippen LogP contribution in [0.1, 0.15) is 43.5 Å². The summed E-state index contributed by atoms with van der Waals surface area (Å²) in [5.41, 5.74) is 2.91. The van der Waals surface area contributed by atoms with Crippen LogP contribution in [0.4, 0.5) is 0 Å². The Balaban J connectivity index is 1.60. The summed E-state index contributed by atoms with van der Waals surface area (Å²) in [5, 5.41) is 1.04. The summed E-state index contributed by atoms with van der Waals surface area (Å²) in [6, 6.07) is 15.6. The van der Waals surface area contributed by atoms with Crippen molar-refractivity contribution in [3.8, 4) is 17.2 Å². The maximum absolute atomic E-state index is 14.2. The monoisotopic (exact) mass is 743 g/mol. The van der Waals surface area contributed by atoms with Gasteiger partial charge in [0.15, 0.2) is 16.3 Å². The van der Waals surface area contributed by atoms with Crippen LogP contribution >= 0.6 is 50.5 Å². The van der Waals surface area contributed by atoms with Gasteiger partial charge in [0.2, 0.25) is 0 Å². The molecule has 240 valence electrons. The van der Waals surface area contributed by atoms with Gasteiger partial charge >= 0.3 is 0 Å². The molecule has 0 bridgehead atoms. The van der Waals surface area contributed by atoms with Gasteiger partial charge in [0.25, 0.3) is 11.5 Å². The SMILES string of the molecule is CCN(CC)C(=O)C1=C(C)N=c2s/c(=C/c3cc(Br)c(OCc4ccc(Cl)cc4Cl)c(OC)c3)c(=O)n2[C@H]1c1ccccc1OC. The number of aromatic nitrogens is 1. The van der Waals surface area contributed by atoms with Gasteiger partial charge in [-0.05, 0) is 78.7 Å². The van der Waals surface area contributed by atoms with Gasteiger partial charge in [0.05, 0.1) is 34.5 Å². The number of carbonyl (C=O) groups is 1. The average Bonchev–Trinajstić information content (AvgIpc) is 3.34. The van der Waals surface area contributed by atoms with E-state index in [4.69, 9.17) is 42.4 Å². The molecule has 0 unspecified atom stereocenters. The highest BCUT2D eigenvalue weighted by molar-refractivity contribution is 9.10. The molecule has 46 heavy (non-hydrogen) atoms. The van der Waals surface area contributed by atoms with Crippen molar-refractivity contribution in [3.63, 3.8) is 0 Å². The highest BCUT2D eigenvalue weighted by atomic mass is 79.9. The van der Waals surface area contributed by atoms with E-state index in [1.807, 2.05) is 51.1 Å². The van der Waals surface area contributed by atoms with E-state index in [2.05, 4.69) is 15.9 Å². The second kappa shape index (κ2) is 14.5. The number of allylic oxidation sites excluding steroid dienone is 1. The molecular weight excluding hydrogens is 713 g/mol. The van der Waals surface area contributed by atoms with Gasteiger partial charge in [-0.2, -0.15) is 0 Å². The maximum Gasteiger partial charge on any atom is 0.271 e. The molecule has 0 saturated heterocycles. The summed E-state index contributed by atoms with van der Waals surface area (Å²) < 4.78 is 20.1. The minimum atomic E-state index is -0.723. The lowest BCUT2D eigenvalue weighted by Gasteiger charge is -2.29. The van der Waals surface area contributed by atoms with Crippen LogP contribution in [0, 0.1) is 0 Å². The lowest BCUT2D eigenvalue weighted by Crippen LogP contribution is -2.43. The Kier molecular flexibility index (Phi) is 10.6. The molecule has 5 rings (SSSR count). The zero-order valence-corrected chi connectivity index (χ0v) is 29.8. The van der Waals surface area contributed by atoms with E-state index in [0.717, 1.165) is 5.56 Å². The lowest BCUT2D eigenvalue weighted by atomic mass is 9.94. The molecule has 0 aliphatic carbocycles. The largest absolute Gasteiger partial charge is 0.496 e. The van der Waals surface area contributed by atoms with E-state index in [9.17, 15) is 9.59 Å². The molecule has 0 fully saturated rings. The number of hydrogen-bond acceptors (Lipinski definition) is 7. The average molecular weight is 746 g/mol. The van der Waals surface area contributed by atoms with Crippen molar-refractivity contribution in [1.29, 1.82) is 0 Å². The summed E-state index contributed by atoms with van der Waals surface area (Å²) in [6.45, 7) is 6.92. The van der Waals surface area contributed by atoms with Crippen LogP contribution in [0.25, 0.3) is 6.08 Å². The zero-order valence-electron chi connectivity index (χ0n) is 25.9. The van der Waals surface area contributed by atoms with Gasteiger partial charge < -0.3 is 19.1 Å². The highest BCUT2D eigenvalue weighted by Crippen LogP contribution is 2.39. The van der Waals surface area contributed by atoms with E-state index >= 15 is 0 Å². The number of methoxy groups -OCH3 is 2. The van der Waals surface area contributed by atoms with Gasteiger partial charge in [-0.1, -0.05) is 58.8 Å². The number of rotatable bonds is 10. The number of halogens is 3. The molecular formula is C34H32BrCl2N3O5S. The molecule has 4 aromatic rings. The molecule has 1 atom stereocenters. The predicted octanol–water partition coefficient (Wildman–Crippen LogP) is 6.77. The number of para-hydroxylation sites is 1. The number of carbonyl (C=O) groups excluding carboxylic acids is 1. The van der Waals surface area contributed by atoms with E-state index in [1.54, 1.807) is 54.0 Å². The number of nitrogens with zero attached hydrogens (tertiary/aromatic N) is 3. The first-order valence-electron chi connectivity index (χ1n) is 14.5. The number of thiazole rings is 1. The number of ether oxygens (including phenoxy) is 3. The van der Waals surface area contributed by atoms with Crippen molar-refractivity contribution < 1.29 is 19.0 Å². The molecule has 0 saturated carbocycles. The van der Waals surface area contributed by atoms with Crippen LogP contribution in [0.2, 0.25) is 10.0 Å². The van der Waals surface area contributed by atoms with Crippen molar-refractivity contribution in [2.45, 2.75) is 33.4 Å². The summed E-state index contributed by atoms with van der Waals surface area (Å²) in [6.07, 6.45) is 1.78. The predicted molar refractivity (Wildman–Crippen MR) is 186 cm³/mol. The van der Waals surface area contributed by atoms with Crippen LogP contribution < -0.4 is 29.1 Å². The van der Waals surface area contributed by atoms with Crippen LogP contribution in [0.3, 0.4) is 0 Å². The van der Waals surface area contributed by atoms with Crippen molar-refractivity contribution >= 4 is 62.5 Å². The molecule has 1 amide bonds. The Bertz CT molecular complexity index is 2020. The third-order valence-corrected chi connectivity index (χ3v) is 9.83. The van der Waals surface area contributed by atoms with Crippen molar-refractivity contribution in [3.05, 3.63) is 117 Å². The Morgan fingerprint density at radius 2 is 1.78 bits per heavy atom. The fourth-order valence-corrected chi connectivity index (χ4v) is 7.45. The molecule has 0 N–H and O–H groups in total. The van der Waals surface area contributed by atoms with Crippen molar-refractivity contribution in [2.24, 2.45) is 4.99 Å². The Hall–Kier alpha value is -3.57. The summed E-state index contributed by atoms with van der Waals surface area (Å²) in [4.78, 5) is 35.1. The first-order valence-corrected chi connectivity index (χ1v) is 16.9. The van der Waals surface area contributed by atoms with Gasteiger partial charge in [-0.3, -0.25) is 14.2 Å². The standard InChI is InChI=1S/C34H32BrCl2N3O5S/c1-6-39(7-2)33(42)29-19(3)38-34-40(30(29)23-10-8-9-11-26(23)43-4)32(41)28(46-34)16-20-14-24(35)31(27(15-20)44-5)45-18-21-12-13-22(36)17-25(21)37/h8-17,30H,6-7,18H2,1-5H3/b28-16+/t30-/m0/s1. The van der Waals surface area contributed by atoms with E-state index in [0.29, 0.717) is 76.6 Å². The number of hydrogen-bond donors (Lipinski definition) is 0. The molecule has 1 aliphatic heterocycles. The van der Waals surface area contributed by atoms with E-state index < -0.39 is 6.04 Å². The van der Waals surface area contributed by atoms with Crippen LogP contribution in [-0.2, 0) is 11.4 Å². The third-order valence-electron chi connectivity index (χ3n) is 7.67. The summed E-state index contributed by atoms with van der Waals surface area (Å²) >= 11 is 17.2. The van der Waals surface area contributed by atoms with Crippen molar-refractivity contribution in [2.75, 3.05) is 27.3 Å². The Labute approximate surface area is 289 Å². The molecule has 1 aromatic heterocycles. The Morgan fingerprint density at radius 3 is 2.46 bits per heavy atom. The quantitative estimate of drug-likeness (QED) is 0.179. The minimum Gasteiger partial charge on any atom is -0.496 e. The lowest BCUT2D eigenvalue weighted by molar-refractivity contribution is -0.127. The number of benzene rings is 3. The number of amides is 1. The normalized spacial score (nSPS) is 14.5.